The molecule has 21 heavy (non-hydrogen) atoms. The number of anilines is 1. The summed E-state index contributed by atoms with van der Waals surface area (Å²) in [6.07, 6.45) is 0.867. The molecule has 6 heteroatoms. The molecule has 0 saturated carbocycles. The lowest BCUT2D eigenvalue weighted by Crippen LogP contribution is -2.45. The van der Waals surface area contributed by atoms with Crippen LogP contribution in [0.15, 0.2) is 11.1 Å². The molecule has 2 heterocycles. The van der Waals surface area contributed by atoms with Crippen molar-refractivity contribution in [3.8, 4) is 0 Å². The summed E-state index contributed by atoms with van der Waals surface area (Å²) in [4.78, 5) is 30.3. The first-order chi connectivity index (χ1) is 9.92. The van der Waals surface area contributed by atoms with Crippen molar-refractivity contribution in [1.29, 1.82) is 0 Å². The van der Waals surface area contributed by atoms with Gasteiger partial charge in [-0.2, -0.15) is 0 Å². The van der Waals surface area contributed by atoms with Crippen molar-refractivity contribution in [3.63, 3.8) is 0 Å². The highest BCUT2D eigenvalue weighted by Gasteiger charge is 2.29. The molecule has 1 aliphatic rings. The van der Waals surface area contributed by atoms with Gasteiger partial charge in [0.05, 0.1) is 11.4 Å². The van der Waals surface area contributed by atoms with Crippen LogP contribution in [-0.2, 0) is 9.59 Å². The average Bonchev–Trinajstić information content (AvgIpc) is 2.41. The largest absolute Gasteiger partial charge is 0.352 e. The van der Waals surface area contributed by atoms with E-state index in [9.17, 15) is 9.59 Å². The van der Waals surface area contributed by atoms with Gasteiger partial charge in [0.1, 0.15) is 11.6 Å². The van der Waals surface area contributed by atoms with Gasteiger partial charge in [-0.15, -0.1) is 0 Å². The summed E-state index contributed by atoms with van der Waals surface area (Å²) in [6.45, 7) is 7.91. The summed E-state index contributed by atoms with van der Waals surface area (Å²) in [5.41, 5.74) is 2.69. The molecule has 0 aromatic carbocycles. The zero-order valence-electron chi connectivity index (χ0n) is 12.9. The van der Waals surface area contributed by atoms with Crippen LogP contribution < -0.4 is 10.2 Å². The zero-order chi connectivity index (χ0) is 15.6. The van der Waals surface area contributed by atoms with Crippen LogP contribution in [0.4, 0.5) is 5.69 Å². The summed E-state index contributed by atoms with van der Waals surface area (Å²) in [5, 5.41) is 3.74. The Bertz CT molecular complexity index is 574. The molecule has 1 aromatic heterocycles. The molecular weight excluding hydrogens is 286 g/mol. The van der Waals surface area contributed by atoms with Crippen molar-refractivity contribution < 1.29 is 9.59 Å². The first kappa shape index (κ1) is 15.8. The number of carbonyl (C=O) groups is 2. The van der Waals surface area contributed by atoms with Crippen LogP contribution in [0, 0.1) is 13.8 Å². The quantitative estimate of drug-likeness (QED) is 0.925. The predicted molar refractivity (Wildman–Crippen MR) is 84.7 cm³/mol. The van der Waals surface area contributed by atoms with Crippen molar-refractivity contribution in [3.05, 3.63) is 17.3 Å². The normalized spacial score (nSPS) is 15.6. The van der Waals surface area contributed by atoms with Gasteiger partial charge < -0.3 is 5.32 Å². The molecule has 5 nitrogen and oxygen atoms in total. The summed E-state index contributed by atoms with van der Waals surface area (Å²) in [5.74, 6) is 0.163. The molecule has 0 saturated heterocycles. The fourth-order valence-electron chi connectivity index (χ4n) is 2.29. The Hall–Kier alpha value is -1.56. The number of fused-ring (bicyclic) bond motifs is 1. The Morgan fingerprint density at radius 3 is 2.90 bits per heavy atom. The van der Waals surface area contributed by atoms with E-state index in [2.05, 4.69) is 10.3 Å². The number of carbonyl (C=O) groups excluding carboxylic acids is 2. The van der Waals surface area contributed by atoms with Gasteiger partial charge in [-0.1, -0.05) is 18.7 Å². The zero-order valence-corrected chi connectivity index (χ0v) is 13.7. The maximum absolute atomic E-state index is 12.2. The fraction of sp³-hybridized carbons (Fsp3) is 0.533. The molecular formula is C15H21N3O2S. The number of amides is 2. The number of aryl methyl sites for hydroxylation is 2. The van der Waals surface area contributed by atoms with Crippen molar-refractivity contribution in [2.45, 2.75) is 45.2 Å². The lowest BCUT2D eigenvalue weighted by molar-refractivity contribution is -0.123. The Labute approximate surface area is 129 Å². The first-order valence-corrected chi connectivity index (χ1v) is 8.11. The molecule has 1 atom stereocenters. The SMILES string of the molecule is CCC(C)NC(=O)CN1C(=O)CSc2nc(C)cc(C)c21. The highest BCUT2D eigenvalue weighted by Crippen LogP contribution is 2.36. The van der Waals surface area contributed by atoms with E-state index < -0.39 is 0 Å². The average molecular weight is 307 g/mol. The van der Waals surface area contributed by atoms with Crippen LogP contribution in [0.3, 0.4) is 0 Å². The minimum atomic E-state index is -0.129. The maximum Gasteiger partial charge on any atom is 0.240 e. The molecule has 1 aliphatic heterocycles. The lowest BCUT2D eigenvalue weighted by atomic mass is 10.2. The van der Waals surface area contributed by atoms with E-state index >= 15 is 0 Å². The predicted octanol–water partition coefficient (Wildman–Crippen LogP) is 2.05. The summed E-state index contributed by atoms with van der Waals surface area (Å²) >= 11 is 1.44. The Balaban J connectivity index is 2.25. The van der Waals surface area contributed by atoms with E-state index in [-0.39, 0.29) is 24.4 Å². The Morgan fingerprint density at radius 1 is 1.52 bits per heavy atom. The number of nitrogens with zero attached hydrogens (tertiary/aromatic N) is 2. The van der Waals surface area contributed by atoms with E-state index in [0.717, 1.165) is 28.4 Å². The maximum atomic E-state index is 12.2. The second kappa shape index (κ2) is 6.47. The molecule has 0 aliphatic carbocycles. The van der Waals surface area contributed by atoms with E-state index in [1.165, 1.54) is 11.8 Å². The number of rotatable bonds is 4. The van der Waals surface area contributed by atoms with Crippen LogP contribution >= 0.6 is 11.8 Å². The number of thioether (sulfide) groups is 1. The van der Waals surface area contributed by atoms with Crippen LogP contribution in [0.5, 0.6) is 0 Å². The molecule has 0 radical (unpaired) electrons. The third kappa shape index (κ3) is 3.56. The Kier molecular flexibility index (Phi) is 4.88. The first-order valence-electron chi connectivity index (χ1n) is 7.13. The van der Waals surface area contributed by atoms with E-state index in [1.807, 2.05) is 33.8 Å². The van der Waals surface area contributed by atoms with Gasteiger partial charge in [0.15, 0.2) is 0 Å². The second-order valence-electron chi connectivity index (χ2n) is 5.38. The van der Waals surface area contributed by atoms with Gasteiger partial charge in [-0.25, -0.2) is 4.98 Å². The van der Waals surface area contributed by atoms with Gasteiger partial charge in [0.25, 0.3) is 0 Å². The molecule has 0 bridgehead atoms. The Morgan fingerprint density at radius 2 is 2.24 bits per heavy atom. The van der Waals surface area contributed by atoms with Gasteiger partial charge >= 0.3 is 0 Å². The third-order valence-corrected chi connectivity index (χ3v) is 4.45. The summed E-state index contributed by atoms with van der Waals surface area (Å²) in [7, 11) is 0. The van der Waals surface area contributed by atoms with Crippen LogP contribution in [0.1, 0.15) is 31.5 Å². The molecule has 0 spiro atoms. The van der Waals surface area contributed by atoms with Gasteiger partial charge in [0.2, 0.25) is 11.8 Å². The van der Waals surface area contributed by atoms with E-state index in [4.69, 9.17) is 0 Å². The highest BCUT2D eigenvalue weighted by atomic mass is 32.2. The monoisotopic (exact) mass is 307 g/mol. The molecule has 2 rings (SSSR count). The van der Waals surface area contributed by atoms with Crippen molar-refractivity contribution in [2.75, 3.05) is 17.2 Å². The van der Waals surface area contributed by atoms with Crippen molar-refractivity contribution >= 4 is 29.3 Å². The van der Waals surface area contributed by atoms with Gasteiger partial charge in [-0.05, 0) is 38.8 Å². The van der Waals surface area contributed by atoms with Crippen molar-refractivity contribution in [1.82, 2.24) is 10.3 Å². The van der Waals surface area contributed by atoms with Crippen LogP contribution in [0.25, 0.3) is 0 Å². The number of hydrogen-bond acceptors (Lipinski definition) is 4. The highest BCUT2D eigenvalue weighted by molar-refractivity contribution is 8.00. The van der Waals surface area contributed by atoms with Crippen molar-refractivity contribution in [2.24, 2.45) is 0 Å². The van der Waals surface area contributed by atoms with Gasteiger partial charge in [0, 0.05) is 11.7 Å². The fourth-order valence-corrected chi connectivity index (χ4v) is 3.32. The van der Waals surface area contributed by atoms with E-state index in [1.54, 1.807) is 4.90 Å². The standard InChI is InChI=1S/C15H21N3O2S/c1-5-10(3)16-12(19)7-18-13(20)8-21-15-14(18)9(2)6-11(4)17-15/h6,10H,5,7-8H2,1-4H3,(H,16,19). The molecule has 0 fully saturated rings. The third-order valence-electron chi connectivity index (χ3n) is 3.50. The minimum absolute atomic E-state index is 0.0412. The summed E-state index contributed by atoms with van der Waals surface area (Å²) < 4.78 is 0. The number of hydrogen-bond donors (Lipinski definition) is 1. The summed E-state index contributed by atoms with van der Waals surface area (Å²) in [6, 6.07) is 2.06. The number of aromatic nitrogens is 1. The van der Waals surface area contributed by atoms with Crippen LogP contribution in [0.2, 0.25) is 0 Å². The second-order valence-corrected chi connectivity index (χ2v) is 6.34. The van der Waals surface area contributed by atoms with Gasteiger partial charge in [-0.3, -0.25) is 14.5 Å². The van der Waals surface area contributed by atoms with Crippen LogP contribution in [-0.4, -0.2) is 35.1 Å². The number of pyridine rings is 1. The smallest absolute Gasteiger partial charge is 0.240 e. The lowest BCUT2D eigenvalue weighted by Gasteiger charge is -2.30. The topological polar surface area (TPSA) is 62.3 Å². The molecule has 1 N–H and O–H groups in total. The molecule has 114 valence electrons. The minimum Gasteiger partial charge on any atom is -0.352 e. The molecule has 2 amide bonds. The van der Waals surface area contributed by atoms with E-state index in [0.29, 0.717) is 5.75 Å². The molecule has 1 unspecified atom stereocenters. The molecule has 1 aromatic rings. The number of nitrogens with one attached hydrogen (secondary N) is 1.